The van der Waals surface area contributed by atoms with Gasteiger partial charge < -0.3 is 5.32 Å². The van der Waals surface area contributed by atoms with Gasteiger partial charge in [-0.1, -0.05) is 0 Å². The van der Waals surface area contributed by atoms with Crippen LogP contribution in [-0.4, -0.2) is 39.1 Å². The highest BCUT2D eigenvalue weighted by atomic mass is 19.4. The number of halogens is 3. The second-order valence-electron chi connectivity index (χ2n) is 6.83. The van der Waals surface area contributed by atoms with Crippen molar-refractivity contribution in [3.63, 3.8) is 0 Å². The van der Waals surface area contributed by atoms with Gasteiger partial charge in [0.25, 0.3) is 0 Å². The Morgan fingerprint density at radius 3 is 2.74 bits per heavy atom. The fourth-order valence-electron chi connectivity index (χ4n) is 3.15. The standard InChI is InChI=1S/C20H18F3N7O/c21-20(22,23)14-9-13(10-25-11-14)15-3-4-16-18(28-15)30(8-2-1-5-26-16)19(31)29-17-12-24-6-7-27-17/h3-4,6-7,9-12,26H,1-2,5,8H2,(H,27,29,31). The van der Waals surface area contributed by atoms with Crippen molar-refractivity contribution in [1.29, 1.82) is 0 Å². The summed E-state index contributed by atoms with van der Waals surface area (Å²) in [5, 5.41) is 5.89. The highest BCUT2D eigenvalue weighted by Crippen LogP contribution is 2.33. The van der Waals surface area contributed by atoms with Crippen LogP contribution in [0.5, 0.6) is 0 Å². The Morgan fingerprint density at radius 1 is 1.10 bits per heavy atom. The number of aromatic nitrogens is 4. The number of nitrogens with one attached hydrogen (secondary N) is 2. The third-order valence-corrected chi connectivity index (χ3v) is 4.66. The normalized spacial score (nSPS) is 14.1. The van der Waals surface area contributed by atoms with Crippen molar-refractivity contribution in [2.75, 3.05) is 28.6 Å². The molecule has 3 aromatic heterocycles. The van der Waals surface area contributed by atoms with E-state index in [2.05, 4.69) is 30.6 Å². The number of carbonyl (C=O) groups excluding carboxylic acids is 1. The molecule has 160 valence electrons. The topological polar surface area (TPSA) is 95.9 Å². The maximum Gasteiger partial charge on any atom is 0.417 e. The van der Waals surface area contributed by atoms with Crippen LogP contribution >= 0.6 is 0 Å². The molecule has 0 bridgehead atoms. The molecule has 0 saturated carbocycles. The largest absolute Gasteiger partial charge is 0.417 e. The number of nitrogens with zero attached hydrogens (tertiary/aromatic N) is 5. The molecule has 0 atom stereocenters. The molecular formula is C20H18F3N7O. The zero-order valence-electron chi connectivity index (χ0n) is 16.2. The van der Waals surface area contributed by atoms with Crippen LogP contribution < -0.4 is 15.5 Å². The van der Waals surface area contributed by atoms with Crippen molar-refractivity contribution in [3.8, 4) is 11.3 Å². The van der Waals surface area contributed by atoms with Gasteiger partial charge in [-0.25, -0.2) is 14.8 Å². The van der Waals surface area contributed by atoms with Gasteiger partial charge in [0.1, 0.15) is 0 Å². The summed E-state index contributed by atoms with van der Waals surface area (Å²) in [6.45, 7) is 1.08. The smallest absolute Gasteiger partial charge is 0.382 e. The van der Waals surface area contributed by atoms with Gasteiger partial charge in [-0.2, -0.15) is 13.2 Å². The number of rotatable bonds is 2. The summed E-state index contributed by atoms with van der Waals surface area (Å²) >= 11 is 0. The molecule has 1 aliphatic rings. The predicted octanol–water partition coefficient (Wildman–Crippen LogP) is 4.20. The first-order chi connectivity index (χ1) is 14.9. The lowest BCUT2D eigenvalue weighted by atomic mass is 10.1. The number of anilines is 3. The molecule has 0 aliphatic carbocycles. The molecule has 8 nitrogen and oxygen atoms in total. The number of alkyl halides is 3. The van der Waals surface area contributed by atoms with Crippen molar-refractivity contribution >= 4 is 23.4 Å². The van der Waals surface area contributed by atoms with Crippen LogP contribution in [0, 0.1) is 0 Å². The molecule has 1 aliphatic heterocycles. The summed E-state index contributed by atoms with van der Waals surface area (Å²) < 4.78 is 39.3. The second-order valence-corrected chi connectivity index (χ2v) is 6.83. The van der Waals surface area contributed by atoms with E-state index < -0.39 is 17.8 Å². The summed E-state index contributed by atoms with van der Waals surface area (Å²) in [6.07, 6.45) is 3.47. The molecule has 0 unspecified atom stereocenters. The number of fused-ring (bicyclic) bond motifs is 1. The Kier molecular flexibility index (Phi) is 5.65. The third kappa shape index (κ3) is 4.71. The highest BCUT2D eigenvalue weighted by Gasteiger charge is 2.31. The lowest BCUT2D eigenvalue weighted by molar-refractivity contribution is -0.137. The summed E-state index contributed by atoms with van der Waals surface area (Å²) in [7, 11) is 0. The van der Waals surface area contributed by atoms with Crippen LogP contribution in [0.2, 0.25) is 0 Å². The molecule has 11 heteroatoms. The minimum atomic E-state index is -4.52. The molecule has 2 amide bonds. The molecule has 0 fully saturated rings. The summed E-state index contributed by atoms with van der Waals surface area (Å²) in [5.41, 5.74) is 0.220. The van der Waals surface area contributed by atoms with Gasteiger partial charge in [0, 0.05) is 43.4 Å². The maximum absolute atomic E-state index is 13.1. The number of pyridine rings is 2. The van der Waals surface area contributed by atoms with E-state index in [1.807, 2.05) is 0 Å². The van der Waals surface area contributed by atoms with Gasteiger partial charge in [0.2, 0.25) is 0 Å². The van der Waals surface area contributed by atoms with Gasteiger partial charge in [0.15, 0.2) is 11.6 Å². The maximum atomic E-state index is 13.1. The molecule has 3 aromatic rings. The van der Waals surface area contributed by atoms with Crippen LogP contribution in [0.25, 0.3) is 11.3 Å². The molecule has 0 spiro atoms. The zero-order valence-corrected chi connectivity index (χ0v) is 16.2. The van der Waals surface area contributed by atoms with Crippen LogP contribution in [0.15, 0.2) is 49.2 Å². The Morgan fingerprint density at radius 2 is 1.97 bits per heavy atom. The van der Waals surface area contributed by atoms with Crippen LogP contribution in [0.3, 0.4) is 0 Å². The van der Waals surface area contributed by atoms with Crippen molar-refractivity contribution in [3.05, 3.63) is 54.7 Å². The van der Waals surface area contributed by atoms with E-state index in [0.29, 0.717) is 24.6 Å². The molecule has 0 aromatic carbocycles. The van der Waals surface area contributed by atoms with Gasteiger partial charge >= 0.3 is 12.2 Å². The predicted molar refractivity (Wildman–Crippen MR) is 109 cm³/mol. The zero-order chi connectivity index (χ0) is 21.8. The highest BCUT2D eigenvalue weighted by molar-refractivity contribution is 6.02. The molecule has 2 N–H and O–H groups in total. The quantitative estimate of drug-likeness (QED) is 0.634. The van der Waals surface area contributed by atoms with Gasteiger partial charge in [0.05, 0.1) is 23.1 Å². The van der Waals surface area contributed by atoms with E-state index in [-0.39, 0.29) is 17.1 Å². The average molecular weight is 429 g/mol. The molecular weight excluding hydrogens is 411 g/mol. The van der Waals surface area contributed by atoms with Crippen molar-refractivity contribution in [2.24, 2.45) is 0 Å². The summed E-state index contributed by atoms with van der Waals surface area (Å²) in [6, 6.07) is 3.83. The van der Waals surface area contributed by atoms with Crippen LogP contribution in [0.4, 0.5) is 35.3 Å². The Bertz CT molecular complexity index is 1080. The first-order valence-corrected chi connectivity index (χ1v) is 9.54. The Balaban J connectivity index is 1.71. The van der Waals surface area contributed by atoms with Crippen molar-refractivity contribution < 1.29 is 18.0 Å². The van der Waals surface area contributed by atoms with Crippen molar-refractivity contribution in [1.82, 2.24) is 19.9 Å². The van der Waals surface area contributed by atoms with E-state index in [1.54, 1.807) is 12.1 Å². The van der Waals surface area contributed by atoms with E-state index in [4.69, 9.17) is 0 Å². The number of hydrogen-bond acceptors (Lipinski definition) is 6. The molecule has 4 rings (SSSR count). The number of hydrogen-bond donors (Lipinski definition) is 2. The van der Waals surface area contributed by atoms with Crippen LogP contribution in [-0.2, 0) is 6.18 Å². The lowest BCUT2D eigenvalue weighted by Gasteiger charge is -2.27. The number of urea groups is 1. The van der Waals surface area contributed by atoms with E-state index in [1.165, 1.54) is 29.7 Å². The molecule has 4 heterocycles. The first-order valence-electron chi connectivity index (χ1n) is 9.54. The van der Waals surface area contributed by atoms with E-state index >= 15 is 0 Å². The lowest BCUT2D eigenvalue weighted by Crippen LogP contribution is -2.38. The SMILES string of the molecule is O=C(Nc1cnccn1)N1CCCCNc2ccc(-c3cncc(C(F)(F)F)c3)nc21. The van der Waals surface area contributed by atoms with E-state index in [0.717, 1.165) is 25.1 Å². The second kappa shape index (κ2) is 8.54. The fourth-order valence-corrected chi connectivity index (χ4v) is 3.15. The van der Waals surface area contributed by atoms with Crippen LogP contribution in [0.1, 0.15) is 18.4 Å². The Hall–Kier alpha value is -3.76. The monoisotopic (exact) mass is 429 g/mol. The number of carbonyl (C=O) groups is 1. The Labute approximate surface area is 175 Å². The molecule has 31 heavy (non-hydrogen) atoms. The average Bonchev–Trinajstić information content (AvgIpc) is 2.74. The van der Waals surface area contributed by atoms with Gasteiger partial charge in [-0.15, -0.1) is 0 Å². The first kappa shape index (κ1) is 20.5. The minimum absolute atomic E-state index is 0.203. The van der Waals surface area contributed by atoms with Gasteiger partial charge in [-0.05, 0) is 31.0 Å². The molecule has 0 radical (unpaired) electrons. The third-order valence-electron chi connectivity index (χ3n) is 4.66. The number of amides is 2. The summed E-state index contributed by atoms with van der Waals surface area (Å²) in [4.78, 5) is 30.6. The van der Waals surface area contributed by atoms with Gasteiger partial charge in [-0.3, -0.25) is 20.2 Å². The van der Waals surface area contributed by atoms with E-state index in [9.17, 15) is 18.0 Å². The fraction of sp³-hybridized carbons (Fsp3) is 0.250. The molecule has 0 saturated heterocycles. The minimum Gasteiger partial charge on any atom is -0.382 e. The van der Waals surface area contributed by atoms with Crippen molar-refractivity contribution in [2.45, 2.75) is 19.0 Å². The summed E-state index contributed by atoms with van der Waals surface area (Å²) in [5.74, 6) is 0.596.